The van der Waals surface area contributed by atoms with Gasteiger partial charge in [-0.1, -0.05) is 36.4 Å². The van der Waals surface area contributed by atoms with Gasteiger partial charge in [-0.2, -0.15) is 4.98 Å². The molecular weight excluding hydrogens is 407 g/mol. The van der Waals surface area contributed by atoms with Gasteiger partial charge in [0.05, 0.1) is 17.3 Å². The van der Waals surface area contributed by atoms with Crippen LogP contribution in [0.25, 0.3) is 11.3 Å². The van der Waals surface area contributed by atoms with E-state index in [0.29, 0.717) is 30.2 Å². The van der Waals surface area contributed by atoms with Crippen LogP contribution in [-0.2, 0) is 11.3 Å². The molecule has 0 aliphatic carbocycles. The van der Waals surface area contributed by atoms with Gasteiger partial charge in [-0.05, 0) is 37.5 Å². The standard InChI is InChI=1S/C24H27FN6O/c1-15-7-8-18(23(32)28-13-16-5-3-2-4-6-16)14-31(15)22-12-21(29-24(27)30-22)17-9-10-20(26)19(25)11-17/h2-6,9-12,15,18H,7-8,13-14,26H2,1H3,(H,28,32)(H2,27,29,30)/t15-,18+/m1/s1. The number of nitrogens with one attached hydrogen (secondary N) is 1. The number of carbonyl (C=O) groups excluding carboxylic acids is 1. The minimum absolute atomic E-state index is 0.0219. The maximum atomic E-state index is 14.0. The smallest absolute Gasteiger partial charge is 0.225 e. The first-order valence-corrected chi connectivity index (χ1v) is 10.7. The van der Waals surface area contributed by atoms with E-state index in [1.54, 1.807) is 12.1 Å². The van der Waals surface area contributed by atoms with Gasteiger partial charge in [-0.25, -0.2) is 9.37 Å². The molecule has 32 heavy (non-hydrogen) atoms. The van der Waals surface area contributed by atoms with Crippen LogP contribution in [0.3, 0.4) is 0 Å². The van der Waals surface area contributed by atoms with E-state index >= 15 is 0 Å². The highest BCUT2D eigenvalue weighted by Crippen LogP contribution is 2.30. The molecule has 1 aromatic heterocycles. The van der Waals surface area contributed by atoms with Crippen molar-refractivity contribution in [2.75, 3.05) is 22.9 Å². The van der Waals surface area contributed by atoms with Crippen LogP contribution in [0, 0.1) is 11.7 Å². The molecule has 7 nitrogen and oxygen atoms in total. The fraction of sp³-hybridized carbons (Fsp3) is 0.292. The van der Waals surface area contributed by atoms with Gasteiger partial charge < -0.3 is 21.7 Å². The van der Waals surface area contributed by atoms with Crippen LogP contribution in [0.2, 0.25) is 0 Å². The third-order valence-electron chi connectivity index (χ3n) is 5.88. The molecule has 0 spiro atoms. The lowest BCUT2D eigenvalue weighted by molar-refractivity contribution is -0.125. The molecule has 1 aliphatic heterocycles. The molecule has 1 amide bonds. The molecule has 2 atom stereocenters. The first kappa shape index (κ1) is 21.5. The van der Waals surface area contributed by atoms with Crippen molar-refractivity contribution in [1.29, 1.82) is 0 Å². The fourth-order valence-corrected chi connectivity index (χ4v) is 4.00. The van der Waals surface area contributed by atoms with Gasteiger partial charge in [0.2, 0.25) is 11.9 Å². The summed E-state index contributed by atoms with van der Waals surface area (Å²) in [5.74, 6) is 0.0650. The van der Waals surface area contributed by atoms with Gasteiger partial charge in [-0.15, -0.1) is 0 Å². The summed E-state index contributed by atoms with van der Waals surface area (Å²) in [7, 11) is 0. The number of hydrogen-bond acceptors (Lipinski definition) is 6. The van der Waals surface area contributed by atoms with Crippen LogP contribution in [-0.4, -0.2) is 28.5 Å². The van der Waals surface area contributed by atoms with Crippen molar-refractivity contribution in [3.63, 3.8) is 0 Å². The Labute approximate surface area is 186 Å². The average Bonchev–Trinajstić information content (AvgIpc) is 2.80. The number of anilines is 3. The maximum absolute atomic E-state index is 14.0. The SMILES string of the molecule is C[C@@H]1CC[C@H](C(=O)NCc2ccccc2)CN1c1cc(-c2ccc(N)c(F)c2)nc(N)n1. The summed E-state index contributed by atoms with van der Waals surface area (Å²) in [6.45, 7) is 3.12. The minimum Gasteiger partial charge on any atom is -0.396 e. The number of nitrogens with zero attached hydrogens (tertiary/aromatic N) is 3. The van der Waals surface area contributed by atoms with E-state index in [4.69, 9.17) is 11.5 Å². The van der Waals surface area contributed by atoms with Gasteiger partial charge in [0.25, 0.3) is 0 Å². The molecule has 2 aromatic carbocycles. The van der Waals surface area contributed by atoms with Crippen molar-refractivity contribution in [1.82, 2.24) is 15.3 Å². The third-order valence-corrected chi connectivity index (χ3v) is 5.88. The second-order valence-electron chi connectivity index (χ2n) is 8.18. The molecule has 2 heterocycles. The van der Waals surface area contributed by atoms with Gasteiger partial charge in [0, 0.05) is 30.8 Å². The Hall–Kier alpha value is -3.68. The Morgan fingerprint density at radius 1 is 1.12 bits per heavy atom. The number of amides is 1. The second kappa shape index (κ2) is 9.21. The quantitative estimate of drug-likeness (QED) is 0.531. The Kier molecular flexibility index (Phi) is 6.20. The van der Waals surface area contributed by atoms with E-state index in [2.05, 4.69) is 27.1 Å². The molecule has 1 saturated heterocycles. The van der Waals surface area contributed by atoms with E-state index in [9.17, 15) is 9.18 Å². The molecule has 0 bridgehead atoms. The molecule has 8 heteroatoms. The largest absolute Gasteiger partial charge is 0.396 e. The summed E-state index contributed by atoms with van der Waals surface area (Å²) in [5, 5.41) is 3.04. The summed E-state index contributed by atoms with van der Waals surface area (Å²) in [6, 6.07) is 16.3. The molecule has 1 fully saturated rings. The molecule has 166 valence electrons. The van der Waals surface area contributed by atoms with Gasteiger partial charge >= 0.3 is 0 Å². The maximum Gasteiger partial charge on any atom is 0.225 e. The van der Waals surface area contributed by atoms with Crippen molar-refractivity contribution in [3.05, 3.63) is 66.0 Å². The number of aromatic nitrogens is 2. The molecule has 0 saturated carbocycles. The van der Waals surface area contributed by atoms with Crippen LogP contribution in [0.4, 0.5) is 21.8 Å². The van der Waals surface area contributed by atoms with Gasteiger partial charge in [-0.3, -0.25) is 4.79 Å². The predicted octanol–water partition coefficient (Wildman–Crippen LogP) is 3.37. The lowest BCUT2D eigenvalue weighted by atomic mass is 9.92. The third kappa shape index (κ3) is 4.80. The number of rotatable bonds is 5. The summed E-state index contributed by atoms with van der Waals surface area (Å²) in [5.41, 5.74) is 13.8. The number of nitrogens with two attached hydrogens (primary N) is 2. The minimum atomic E-state index is -0.511. The second-order valence-corrected chi connectivity index (χ2v) is 8.18. The summed E-state index contributed by atoms with van der Waals surface area (Å²) in [4.78, 5) is 23.6. The number of benzene rings is 2. The molecule has 5 N–H and O–H groups in total. The summed E-state index contributed by atoms with van der Waals surface area (Å²) in [6.07, 6.45) is 1.65. The van der Waals surface area contributed by atoms with Crippen molar-refractivity contribution in [3.8, 4) is 11.3 Å². The molecule has 1 aliphatic rings. The summed E-state index contributed by atoms with van der Waals surface area (Å²) >= 11 is 0. The van der Waals surface area contributed by atoms with Crippen molar-refractivity contribution >= 4 is 23.4 Å². The fourth-order valence-electron chi connectivity index (χ4n) is 4.00. The zero-order valence-corrected chi connectivity index (χ0v) is 18.0. The first-order valence-electron chi connectivity index (χ1n) is 10.7. The van der Waals surface area contributed by atoms with Crippen LogP contribution in [0.15, 0.2) is 54.6 Å². The lowest BCUT2D eigenvalue weighted by Gasteiger charge is -2.38. The average molecular weight is 435 g/mol. The van der Waals surface area contributed by atoms with E-state index in [1.807, 2.05) is 30.3 Å². The van der Waals surface area contributed by atoms with Gasteiger partial charge in [0.1, 0.15) is 11.6 Å². The number of hydrogen-bond donors (Lipinski definition) is 3. The Morgan fingerprint density at radius 2 is 1.91 bits per heavy atom. The van der Waals surface area contributed by atoms with Crippen molar-refractivity contribution in [2.24, 2.45) is 5.92 Å². The molecule has 0 unspecified atom stereocenters. The van der Waals surface area contributed by atoms with Crippen LogP contribution >= 0.6 is 0 Å². The molecule has 3 aromatic rings. The van der Waals surface area contributed by atoms with Crippen LogP contribution < -0.4 is 21.7 Å². The number of nitrogen functional groups attached to an aromatic ring is 2. The van der Waals surface area contributed by atoms with E-state index < -0.39 is 5.82 Å². The normalized spacial score (nSPS) is 18.4. The van der Waals surface area contributed by atoms with Crippen molar-refractivity contribution in [2.45, 2.75) is 32.4 Å². The van der Waals surface area contributed by atoms with Crippen LogP contribution in [0.1, 0.15) is 25.3 Å². The number of piperidine rings is 1. The Bertz CT molecular complexity index is 1110. The molecule has 4 rings (SSSR count). The zero-order valence-electron chi connectivity index (χ0n) is 18.0. The van der Waals surface area contributed by atoms with E-state index in [-0.39, 0.29) is 29.5 Å². The molecule has 0 radical (unpaired) electrons. The van der Waals surface area contributed by atoms with E-state index in [0.717, 1.165) is 18.4 Å². The monoisotopic (exact) mass is 434 g/mol. The predicted molar refractivity (Wildman–Crippen MR) is 124 cm³/mol. The highest BCUT2D eigenvalue weighted by molar-refractivity contribution is 5.79. The Morgan fingerprint density at radius 3 is 2.66 bits per heavy atom. The zero-order chi connectivity index (χ0) is 22.7. The first-order chi connectivity index (χ1) is 15.4. The number of halogens is 1. The van der Waals surface area contributed by atoms with Crippen molar-refractivity contribution < 1.29 is 9.18 Å². The summed E-state index contributed by atoms with van der Waals surface area (Å²) < 4.78 is 14.0. The highest BCUT2D eigenvalue weighted by Gasteiger charge is 2.31. The Balaban J connectivity index is 1.52. The number of carbonyl (C=O) groups is 1. The lowest BCUT2D eigenvalue weighted by Crippen LogP contribution is -2.47. The highest BCUT2D eigenvalue weighted by atomic mass is 19.1. The van der Waals surface area contributed by atoms with E-state index in [1.165, 1.54) is 12.1 Å². The van der Waals surface area contributed by atoms with Crippen LogP contribution in [0.5, 0.6) is 0 Å². The molecular formula is C24H27FN6O. The van der Waals surface area contributed by atoms with Gasteiger partial charge in [0.15, 0.2) is 0 Å². The topological polar surface area (TPSA) is 110 Å².